The summed E-state index contributed by atoms with van der Waals surface area (Å²) < 4.78 is 0. The van der Waals surface area contributed by atoms with E-state index in [1.54, 1.807) is 18.2 Å². The van der Waals surface area contributed by atoms with Crippen molar-refractivity contribution in [3.63, 3.8) is 0 Å². The molecule has 0 radical (unpaired) electrons. The molecule has 3 nitrogen and oxygen atoms in total. The molecule has 0 bridgehead atoms. The quantitative estimate of drug-likeness (QED) is 0.334. The highest BCUT2D eigenvalue weighted by Gasteiger charge is 1.98. The molecule has 11 heavy (non-hydrogen) atoms. The SMILES string of the molecule is O=[N+]([O-])c1ccccc1.[Cl-].[Cl-]. The zero-order valence-electron chi connectivity index (χ0n) is 5.41. The van der Waals surface area contributed by atoms with E-state index in [4.69, 9.17) is 0 Å². The summed E-state index contributed by atoms with van der Waals surface area (Å²) in [5.41, 5.74) is 0.137. The van der Waals surface area contributed by atoms with E-state index in [1.807, 2.05) is 0 Å². The summed E-state index contributed by atoms with van der Waals surface area (Å²) in [5.74, 6) is 0. The Labute approximate surface area is 76.4 Å². The third-order valence-corrected chi connectivity index (χ3v) is 0.967. The van der Waals surface area contributed by atoms with Gasteiger partial charge in [-0.2, -0.15) is 0 Å². The number of halogens is 2. The van der Waals surface area contributed by atoms with Gasteiger partial charge in [-0.3, -0.25) is 10.1 Å². The number of hydrogen-bond acceptors (Lipinski definition) is 2. The maximum atomic E-state index is 10.0. The average molecular weight is 194 g/mol. The van der Waals surface area contributed by atoms with Gasteiger partial charge in [0.05, 0.1) is 4.92 Å². The maximum absolute atomic E-state index is 10.0. The van der Waals surface area contributed by atoms with Crippen LogP contribution in [0, 0.1) is 10.1 Å². The van der Waals surface area contributed by atoms with Gasteiger partial charge in [-0.05, 0) is 0 Å². The molecule has 0 unspecified atom stereocenters. The minimum absolute atomic E-state index is 0. The van der Waals surface area contributed by atoms with Crippen molar-refractivity contribution < 1.29 is 29.7 Å². The number of non-ortho nitro benzene ring substituents is 1. The molecule has 1 aromatic rings. The Balaban J connectivity index is 0. The van der Waals surface area contributed by atoms with Crippen molar-refractivity contribution in [2.75, 3.05) is 0 Å². The number of nitro groups is 1. The highest BCUT2D eigenvalue weighted by Crippen LogP contribution is 2.06. The molecule has 0 aliphatic carbocycles. The van der Waals surface area contributed by atoms with Gasteiger partial charge in [0, 0.05) is 12.1 Å². The molecule has 0 atom stereocenters. The van der Waals surface area contributed by atoms with Crippen LogP contribution in [0.25, 0.3) is 0 Å². The molecule has 1 aromatic carbocycles. The van der Waals surface area contributed by atoms with Crippen LogP contribution in [0.4, 0.5) is 5.69 Å². The molecule has 0 fully saturated rings. The van der Waals surface area contributed by atoms with Crippen LogP contribution in [0.2, 0.25) is 0 Å². The minimum atomic E-state index is -0.417. The Kier molecular flexibility index (Phi) is 6.94. The lowest BCUT2D eigenvalue weighted by atomic mass is 10.3. The van der Waals surface area contributed by atoms with Crippen LogP contribution in [0.15, 0.2) is 30.3 Å². The van der Waals surface area contributed by atoms with E-state index in [0.29, 0.717) is 0 Å². The molecule has 62 valence electrons. The van der Waals surface area contributed by atoms with Crippen molar-refractivity contribution in [3.05, 3.63) is 40.4 Å². The lowest BCUT2D eigenvalue weighted by molar-refractivity contribution is -0.384. The minimum Gasteiger partial charge on any atom is -1.00 e. The fourth-order valence-electron chi connectivity index (χ4n) is 0.550. The van der Waals surface area contributed by atoms with E-state index in [9.17, 15) is 10.1 Å². The summed E-state index contributed by atoms with van der Waals surface area (Å²) in [7, 11) is 0. The Morgan fingerprint density at radius 3 is 1.82 bits per heavy atom. The second-order valence-electron chi connectivity index (χ2n) is 1.59. The van der Waals surface area contributed by atoms with Crippen molar-refractivity contribution >= 4 is 5.69 Å². The van der Waals surface area contributed by atoms with E-state index < -0.39 is 4.92 Å². The normalized spacial score (nSPS) is 7.27. The second-order valence-corrected chi connectivity index (χ2v) is 1.59. The van der Waals surface area contributed by atoms with Gasteiger partial charge in [-0.1, -0.05) is 18.2 Å². The lowest BCUT2D eigenvalue weighted by Gasteiger charge is -1.85. The maximum Gasteiger partial charge on any atom is 0.269 e. The summed E-state index contributed by atoms with van der Waals surface area (Å²) in [6.45, 7) is 0. The van der Waals surface area contributed by atoms with E-state index in [0.717, 1.165) is 0 Å². The van der Waals surface area contributed by atoms with E-state index in [-0.39, 0.29) is 30.5 Å². The highest BCUT2D eigenvalue weighted by atomic mass is 35.5. The summed E-state index contributed by atoms with van der Waals surface area (Å²) in [5, 5.41) is 10.0. The molecule has 0 aliphatic rings. The summed E-state index contributed by atoms with van der Waals surface area (Å²) in [4.78, 5) is 9.59. The van der Waals surface area contributed by atoms with Gasteiger partial charge in [0.2, 0.25) is 0 Å². The molecule has 0 aliphatic heterocycles. The first-order chi connectivity index (χ1) is 4.30. The van der Waals surface area contributed by atoms with Crippen LogP contribution in [0.1, 0.15) is 0 Å². The Bertz CT molecular complexity index is 215. The van der Waals surface area contributed by atoms with Gasteiger partial charge in [-0.25, -0.2) is 0 Å². The fraction of sp³-hybridized carbons (Fsp3) is 0. The fourth-order valence-corrected chi connectivity index (χ4v) is 0.550. The number of hydrogen-bond donors (Lipinski definition) is 0. The van der Waals surface area contributed by atoms with Gasteiger partial charge >= 0.3 is 0 Å². The molecule has 0 saturated heterocycles. The number of para-hydroxylation sites is 1. The van der Waals surface area contributed by atoms with Crippen LogP contribution in [-0.2, 0) is 0 Å². The largest absolute Gasteiger partial charge is 1.00 e. The van der Waals surface area contributed by atoms with Gasteiger partial charge in [-0.15, -0.1) is 0 Å². The Morgan fingerprint density at radius 2 is 1.55 bits per heavy atom. The Morgan fingerprint density at radius 1 is 1.09 bits per heavy atom. The van der Waals surface area contributed by atoms with Crippen molar-refractivity contribution in [3.8, 4) is 0 Å². The van der Waals surface area contributed by atoms with Crippen molar-refractivity contribution in [1.29, 1.82) is 0 Å². The summed E-state index contributed by atoms with van der Waals surface area (Å²) in [6.07, 6.45) is 0. The van der Waals surface area contributed by atoms with Crippen LogP contribution in [0.3, 0.4) is 0 Å². The molecule has 5 heteroatoms. The average Bonchev–Trinajstić information content (AvgIpc) is 1.90. The van der Waals surface area contributed by atoms with E-state index in [2.05, 4.69) is 0 Å². The Hall–Kier alpha value is -0.800. The van der Waals surface area contributed by atoms with Crippen LogP contribution in [-0.4, -0.2) is 4.92 Å². The monoisotopic (exact) mass is 193 g/mol. The molecular weight excluding hydrogens is 189 g/mol. The smallest absolute Gasteiger partial charge is 0.269 e. The van der Waals surface area contributed by atoms with Crippen LogP contribution < -0.4 is 24.8 Å². The van der Waals surface area contributed by atoms with Gasteiger partial charge in [0.25, 0.3) is 5.69 Å². The lowest BCUT2D eigenvalue weighted by Crippen LogP contribution is -3.00. The standard InChI is InChI=1S/C6H5NO2.2ClH/c8-7(9)6-4-2-1-3-5-6;;/h1-5H;2*1H/p-2. The van der Waals surface area contributed by atoms with E-state index >= 15 is 0 Å². The first-order valence-electron chi connectivity index (χ1n) is 2.50. The van der Waals surface area contributed by atoms with E-state index in [1.165, 1.54) is 12.1 Å². The second kappa shape index (κ2) is 5.95. The zero-order valence-corrected chi connectivity index (χ0v) is 6.92. The number of rotatable bonds is 1. The molecule has 0 amide bonds. The topological polar surface area (TPSA) is 43.1 Å². The summed E-state index contributed by atoms with van der Waals surface area (Å²) >= 11 is 0. The van der Waals surface area contributed by atoms with Gasteiger partial charge in [0.1, 0.15) is 0 Å². The summed E-state index contributed by atoms with van der Waals surface area (Å²) in [6, 6.07) is 7.93. The van der Waals surface area contributed by atoms with Crippen molar-refractivity contribution in [2.24, 2.45) is 0 Å². The number of benzene rings is 1. The predicted molar refractivity (Wildman–Crippen MR) is 33.1 cm³/mol. The first kappa shape index (κ1) is 12.8. The third-order valence-electron chi connectivity index (χ3n) is 0.967. The molecular formula is C6H5Cl2NO2-2. The molecule has 0 aromatic heterocycles. The van der Waals surface area contributed by atoms with Crippen LogP contribution in [0.5, 0.6) is 0 Å². The number of nitro benzene ring substituents is 1. The molecule has 0 spiro atoms. The first-order valence-corrected chi connectivity index (χ1v) is 2.50. The number of nitrogens with zero attached hydrogens (tertiary/aromatic N) is 1. The molecule has 1 rings (SSSR count). The van der Waals surface area contributed by atoms with Gasteiger partial charge < -0.3 is 24.8 Å². The predicted octanol–water partition coefficient (Wildman–Crippen LogP) is -4.40. The zero-order chi connectivity index (χ0) is 6.69. The van der Waals surface area contributed by atoms with Crippen molar-refractivity contribution in [2.45, 2.75) is 0 Å². The van der Waals surface area contributed by atoms with Crippen molar-refractivity contribution in [1.82, 2.24) is 0 Å². The molecule has 0 heterocycles. The third kappa shape index (κ3) is 3.80. The molecule has 0 N–H and O–H groups in total. The van der Waals surface area contributed by atoms with Crippen LogP contribution >= 0.6 is 0 Å². The highest BCUT2D eigenvalue weighted by molar-refractivity contribution is 5.27. The van der Waals surface area contributed by atoms with Gasteiger partial charge in [0.15, 0.2) is 0 Å². The molecule has 0 saturated carbocycles.